The van der Waals surface area contributed by atoms with Gasteiger partial charge in [0, 0.05) is 17.4 Å². The molecule has 0 unspecified atom stereocenters. The molecule has 124 valence electrons. The van der Waals surface area contributed by atoms with Crippen LogP contribution in [0.1, 0.15) is 41.4 Å². The van der Waals surface area contributed by atoms with E-state index in [4.69, 9.17) is 20.8 Å². The van der Waals surface area contributed by atoms with Gasteiger partial charge in [-0.3, -0.25) is 4.79 Å². The Morgan fingerprint density at radius 1 is 1.21 bits per heavy atom. The predicted octanol–water partition coefficient (Wildman–Crippen LogP) is 5.67. The van der Waals surface area contributed by atoms with Gasteiger partial charge in [-0.15, -0.1) is 0 Å². The first kappa shape index (κ1) is 16.6. The number of aryl methyl sites for hydroxylation is 1. The Hall–Kier alpha value is -2.26. The predicted molar refractivity (Wildman–Crippen MR) is 96.3 cm³/mol. The molecule has 0 saturated heterocycles. The number of fused-ring (bicyclic) bond motifs is 1. The molecular formula is C20H19ClO3. The number of hydrogen-bond acceptors (Lipinski definition) is 3. The van der Waals surface area contributed by atoms with Crippen LogP contribution in [-0.4, -0.2) is 12.9 Å². The third-order valence-electron chi connectivity index (χ3n) is 4.07. The van der Waals surface area contributed by atoms with E-state index in [-0.39, 0.29) is 5.78 Å². The molecule has 0 amide bonds. The number of halogens is 1. The van der Waals surface area contributed by atoms with Crippen LogP contribution in [0.3, 0.4) is 0 Å². The first-order valence-corrected chi connectivity index (χ1v) is 8.42. The molecular weight excluding hydrogens is 324 g/mol. The van der Waals surface area contributed by atoms with E-state index in [2.05, 4.69) is 6.92 Å². The summed E-state index contributed by atoms with van der Waals surface area (Å²) in [4.78, 5) is 13.1. The van der Waals surface area contributed by atoms with Crippen molar-refractivity contribution in [1.29, 1.82) is 0 Å². The largest absolute Gasteiger partial charge is 0.495 e. The number of carbonyl (C=O) groups excluding carboxylic acids is 1. The Morgan fingerprint density at radius 3 is 2.71 bits per heavy atom. The minimum absolute atomic E-state index is 0.0735. The second-order valence-corrected chi connectivity index (χ2v) is 6.09. The van der Waals surface area contributed by atoms with Gasteiger partial charge in [0.15, 0.2) is 5.78 Å². The van der Waals surface area contributed by atoms with Gasteiger partial charge >= 0.3 is 0 Å². The molecule has 2 aromatic carbocycles. The second kappa shape index (κ2) is 7.10. The van der Waals surface area contributed by atoms with Gasteiger partial charge in [0.2, 0.25) is 0 Å². The molecule has 0 aliphatic rings. The molecule has 0 N–H and O–H groups in total. The summed E-state index contributed by atoms with van der Waals surface area (Å²) in [5, 5.41) is 1.27. The lowest BCUT2D eigenvalue weighted by atomic mass is 9.98. The van der Waals surface area contributed by atoms with Crippen LogP contribution < -0.4 is 4.74 Å². The minimum atomic E-state index is -0.0735. The Kier molecular flexibility index (Phi) is 4.91. The number of carbonyl (C=O) groups is 1. The Balaban J connectivity index is 2.09. The first-order chi connectivity index (χ1) is 11.7. The topological polar surface area (TPSA) is 39.4 Å². The first-order valence-electron chi connectivity index (χ1n) is 8.04. The highest BCUT2D eigenvalue weighted by Crippen LogP contribution is 2.31. The van der Waals surface area contributed by atoms with Crippen LogP contribution in [0, 0.1) is 0 Å². The van der Waals surface area contributed by atoms with Gasteiger partial charge in [0.25, 0.3) is 0 Å². The van der Waals surface area contributed by atoms with Gasteiger partial charge in [-0.05, 0) is 30.7 Å². The zero-order valence-electron chi connectivity index (χ0n) is 13.8. The average Bonchev–Trinajstić information content (AvgIpc) is 2.97. The molecule has 0 bridgehead atoms. The molecule has 24 heavy (non-hydrogen) atoms. The van der Waals surface area contributed by atoms with E-state index >= 15 is 0 Å². The number of hydrogen-bond donors (Lipinski definition) is 0. The maximum Gasteiger partial charge on any atom is 0.197 e. The quantitative estimate of drug-likeness (QED) is 0.542. The molecule has 3 nitrogen and oxygen atoms in total. The molecule has 4 heteroatoms. The summed E-state index contributed by atoms with van der Waals surface area (Å²) in [5.41, 5.74) is 1.91. The van der Waals surface area contributed by atoms with Crippen molar-refractivity contribution < 1.29 is 13.9 Å². The van der Waals surface area contributed by atoms with Crippen molar-refractivity contribution in [3.63, 3.8) is 0 Å². The van der Waals surface area contributed by atoms with Crippen molar-refractivity contribution in [3.05, 3.63) is 64.4 Å². The fourth-order valence-corrected chi connectivity index (χ4v) is 3.07. The second-order valence-electron chi connectivity index (χ2n) is 5.68. The maximum absolute atomic E-state index is 13.1. The van der Waals surface area contributed by atoms with E-state index in [1.54, 1.807) is 25.3 Å². The summed E-state index contributed by atoms with van der Waals surface area (Å²) in [5.74, 6) is 1.22. The highest BCUT2D eigenvalue weighted by molar-refractivity contribution is 6.32. The monoisotopic (exact) mass is 342 g/mol. The minimum Gasteiger partial charge on any atom is -0.495 e. The fourth-order valence-electron chi connectivity index (χ4n) is 2.81. The van der Waals surface area contributed by atoms with Gasteiger partial charge < -0.3 is 9.15 Å². The fraction of sp³-hybridized carbons (Fsp3) is 0.250. The van der Waals surface area contributed by atoms with Crippen molar-refractivity contribution in [3.8, 4) is 5.75 Å². The molecule has 1 aromatic heterocycles. The number of methoxy groups -OCH3 is 1. The zero-order chi connectivity index (χ0) is 17.1. The molecule has 0 spiro atoms. The van der Waals surface area contributed by atoms with Crippen LogP contribution in [0.15, 0.2) is 46.9 Å². The highest BCUT2D eigenvalue weighted by Gasteiger charge is 2.22. The van der Waals surface area contributed by atoms with Crippen LogP contribution in [0.2, 0.25) is 5.02 Å². The van der Waals surface area contributed by atoms with E-state index in [0.717, 1.165) is 36.0 Å². The molecule has 0 aliphatic heterocycles. The lowest BCUT2D eigenvalue weighted by Crippen LogP contribution is -2.04. The number of rotatable bonds is 6. The van der Waals surface area contributed by atoms with Gasteiger partial charge in [-0.2, -0.15) is 0 Å². The van der Waals surface area contributed by atoms with Crippen LogP contribution in [0.25, 0.3) is 11.0 Å². The van der Waals surface area contributed by atoms with E-state index in [0.29, 0.717) is 21.9 Å². The van der Waals surface area contributed by atoms with E-state index < -0.39 is 0 Å². The molecule has 3 aromatic rings. The number of ketones is 1. The lowest BCUT2D eigenvalue weighted by Gasteiger charge is -2.06. The average molecular weight is 343 g/mol. The molecule has 0 radical (unpaired) electrons. The lowest BCUT2D eigenvalue weighted by molar-refractivity contribution is 0.103. The summed E-state index contributed by atoms with van der Waals surface area (Å²) in [7, 11) is 1.55. The summed E-state index contributed by atoms with van der Waals surface area (Å²) >= 11 is 6.18. The zero-order valence-corrected chi connectivity index (χ0v) is 14.5. The normalized spacial score (nSPS) is 11.0. The summed E-state index contributed by atoms with van der Waals surface area (Å²) < 4.78 is 11.1. The number of ether oxygens (including phenoxy) is 1. The smallest absolute Gasteiger partial charge is 0.197 e. The highest BCUT2D eigenvalue weighted by atomic mass is 35.5. The van der Waals surface area contributed by atoms with E-state index in [9.17, 15) is 4.79 Å². The van der Waals surface area contributed by atoms with Crippen molar-refractivity contribution in [1.82, 2.24) is 0 Å². The van der Waals surface area contributed by atoms with Gasteiger partial charge in [-0.1, -0.05) is 43.1 Å². The maximum atomic E-state index is 13.1. The Bertz CT molecular complexity index is 880. The van der Waals surface area contributed by atoms with E-state index in [1.807, 2.05) is 24.3 Å². The van der Waals surface area contributed by atoms with Crippen LogP contribution >= 0.6 is 11.6 Å². The molecule has 1 heterocycles. The summed E-state index contributed by atoms with van der Waals surface area (Å²) in [6.07, 6.45) is 2.76. The third-order valence-corrected chi connectivity index (χ3v) is 4.36. The number of benzene rings is 2. The van der Waals surface area contributed by atoms with Gasteiger partial charge in [0.1, 0.15) is 17.1 Å². The number of unbranched alkanes of at least 4 members (excludes halogenated alkanes) is 1. The van der Waals surface area contributed by atoms with Crippen molar-refractivity contribution in [2.24, 2.45) is 0 Å². The van der Waals surface area contributed by atoms with Gasteiger partial charge in [-0.25, -0.2) is 0 Å². The molecule has 0 aliphatic carbocycles. The van der Waals surface area contributed by atoms with Crippen molar-refractivity contribution in [2.45, 2.75) is 26.2 Å². The van der Waals surface area contributed by atoms with Crippen LogP contribution in [-0.2, 0) is 6.42 Å². The Labute approximate surface area is 146 Å². The van der Waals surface area contributed by atoms with Crippen LogP contribution in [0.4, 0.5) is 0 Å². The van der Waals surface area contributed by atoms with Gasteiger partial charge in [0.05, 0.1) is 17.7 Å². The number of para-hydroxylation sites is 1. The summed E-state index contributed by atoms with van der Waals surface area (Å²) in [6, 6.07) is 12.7. The standard InChI is InChI=1S/C20H19ClO3/c1-3-4-8-18-19(14-7-5-6-9-16(14)24-18)20(22)13-10-11-17(23-2)15(21)12-13/h5-7,9-12H,3-4,8H2,1-2H3. The number of furan rings is 1. The molecule has 0 saturated carbocycles. The molecule has 0 fully saturated rings. The Morgan fingerprint density at radius 2 is 2.00 bits per heavy atom. The summed E-state index contributed by atoms with van der Waals surface area (Å²) in [6.45, 7) is 2.12. The van der Waals surface area contributed by atoms with Crippen molar-refractivity contribution in [2.75, 3.05) is 7.11 Å². The van der Waals surface area contributed by atoms with E-state index in [1.165, 1.54) is 0 Å². The van der Waals surface area contributed by atoms with Crippen LogP contribution in [0.5, 0.6) is 5.75 Å². The van der Waals surface area contributed by atoms with Crippen molar-refractivity contribution >= 4 is 28.4 Å². The molecule has 0 atom stereocenters. The SMILES string of the molecule is CCCCc1oc2ccccc2c1C(=O)c1ccc(OC)c(Cl)c1. The molecule has 3 rings (SSSR count). The third kappa shape index (κ3) is 3.04.